The topological polar surface area (TPSA) is 3.24 Å². The van der Waals surface area contributed by atoms with E-state index in [1.807, 2.05) is 0 Å². The van der Waals surface area contributed by atoms with Crippen molar-refractivity contribution < 1.29 is 0 Å². The molecule has 1 aliphatic rings. The van der Waals surface area contributed by atoms with E-state index < -0.39 is 0 Å². The average Bonchev–Trinajstić information content (AvgIpc) is 2.24. The number of piperidine rings is 1. The standard InChI is InChI=1S/C15H23N/c1-12-6-5-7-14(10-12)15(3)8-9-16(4)11-13(15)2/h5-7,10,13H,8-9,11H2,1-4H3. The second kappa shape index (κ2) is 4.21. The van der Waals surface area contributed by atoms with Gasteiger partial charge in [-0.1, -0.05) is 43.7 Å². The Morgan fingerprint density at radius 1 is 1.38 bits per heavy atom. The summed E-state index contributed by atoms with van der Waals surface area (Å²) in [5.74, 6) is 0.730. The lowest BCUT2D eigenvalue weighted by Crippen LogP contribution is -2.45. The van der Waals surface area contributed by atoms with Gasteiger partial charge >= 0.3 is 0 Å². The molecule has 88 valence electrons. The fourth-order valence-electron chi connectivity index (χ4n) is 2.86. The summed E-state index contributed by atoms with van der Waals surface area (Å²) in [6, 6.07) is 9.05. The largest absolute Gasteiger partial charge is 0.306 e. The van der Waals surface area contributed by atoms with Crippen molar-refractivity contribution in [1.29, 1.82) is 0 Å². The zero-order valence-electron chi connectivity index (χ0n) is 11.0. The second-order valence-electron chi connectivity index (χ2n) is 5.70. The van der Waals surface area contributed by atoms with Crippen molar-refractivity contribution in [3.05, 3.63) is 35.4 Å². The van der Waals surface area contributed by atoms with Crippen LogP contribution >= 0.6 is 0 Å². The molecule has 1 aromatic rings. The predicted molar refractivity (Wildman–Crippen MR) is 69.8 cm³/mol. The van der Waals surface area contributed by atoms with Crippen LogP contribution in [0.5, 0.6) is 0 Å². The van der Waals surface area contributed by atoms with E-state index in [1.54, 1.807) is 0 Å². The van der Waals surface area contributed by atoms with Crippen molar-refractivity contribution in [3.8, 4) is 0 Å². The first kappa shape index (κ1) is 11.7. The summed E-state index contributed by atoms with van der Waals surface area (Å²) in [6.07, 6.45) is 1.27. The van der Waals surface area contributed by atoms with Crippen LogP contribution in [0, 0.1) is 12.8 Å². The van der Waals surface area contributed by atoms with Crippen molar-refractivity contribution in [1.82, 2.24) is 4.90 Å². The Kier molecular flexibility index (Phi) is 3.07. The highest BCUT2D eigenvalue weighted by atomic mass is 15.1. The minimum absolute atomic E-state index is 0.360. The number of benzene rings is 1. The van der Waals surface area contributed by atoms with Gasteiger partial charge in [0, 0.05) is 6.54 Å². The highest BCUT2D eigenvalue weighted by Crippen LogP contribution is 2.39. The molecule has 1 heteroatoms. The van der Waals surface area contributed by atoms with Gasteiger partial charge in [-0.25, -0.2) is 0 Å². The quantitative estimate of drug-likeness (QED) is 0.698. The molecule has 0 bridgehead atoms. The maximum Gasteiger partial charge on any atom is 0.00124 e. The van der Waals surface area contributed by atoms with E-state index in [9.17, 15) is 0 Å². The van der Waals surface area contributed by atoms with Crippen molar-refractivity contribution in [3.63, 3.8) is 0 Å². The lowest BCUT2D eigenvalue weighted by Gasteiger charge is -2.44. The zero-order valence-corrected chi connectivity index (χ0v) is 11.0. The third-order valence-electron chi connectivity index (χ3n) is 4.36. The van der Waals surface area contributed by atoms with Crippen LogP contribution in [0.1, 0.15) is 31.4 Å². The lowest BCUT2D eigenvalue weighted by atomic mass is 9.68. The summed E-state index contributed by atoms with van der Waals surface area (Å²) < 4.78 is 0. The summed E-state index contributed by atoms with van der Waals surface area (Å²) in [7, 11) is 2.23. The molecule has 0 amide bonds. The molecule has 1 aromatic carbocycles. The fourth-order valence-corrected chi connectivity index (χ4v) is 2.86. The van der Waals surface area contributed by atoms with Gasteiger partial charge in [-0.05, 0) is 43.8 Å². The van der Waals surface area contributed by atoms with Crippen LogP contribution < -0.4 is 0 Å². The number of nitrogens with zero attached hydrogens (tertiary/aromatic N) is 1. The van der Waals surface area contributed by atoms with Gasteiger partial charge in [0.25, 0.3) is 0 Å². The van der Waals surface area contributed by atoms with E-state index in [1.165, 1.54) is 30.6 Å². The minimum Gasteiger partial charge on any atom is -0.306 e. The Bertz CT molecular complexity index is 371. The Labute approximate surface area is 99.5 Å². The van der Waals surface area contributed by atoms with E-state index in [-0.39, 0.29) is 0 Å². The first-order valence-corrected chi connectivity index (χ1v) is 6.28. The van der Waals surface area contributed by atoms with E-state index in [0.717, 1.165) is 5.92 Å². The van der Waals surface area contributed by atoms with Gasteiger partial charge < -0.3 is 4.90 Å². The minimum atomic E-state index is 0.360. The SMILES string of the molecule is Cc1cccc(C2(C)CCN(C)CC2C)c1. The molecule has 1 aliphatic heterocycles. The van der Waals surface area contributed by atoms with E-state index >= 15 is 0 Å². The Hall–Kier alpha value is -0.820. The van der Waals surface area contributed by atoms with Crippen LogP contribution in [0.2, 0.25) is 0 Å². The van der Waals surface area contributed by atoms with Gasteiger partial charge in [0.15, 0.2) is 0 Å². The molecule has 1 fully saturated rings. The Morgan fingerprint density at radius 2 is 2.12 bits per heavy atom. The monoisotopic (exact) mass is 217 g/mol. The van der Waals surface area contributed by atoms with Crippen LogP contribution in [0.3, 0.4) is 0 Å². The fraction of sp³-hybridized carbons (Fsp3) is 0.600. The first-order chi connectivity index (χ1) is 7.52. The summed E-state index contributed by atoms with van der Waals surface area (Å²) >= 11 is 0. The Morgan fingerprint density at radius 3 is 2.75 bits per heavy atom. The van der Waals surface area contributed by atoms with Crippen molar-refractivity contribution in [2.75, 3.05) is 20.1 Å². The van der Waals surface area contributed by atoms with Crippen LogP contribution in [0.4, 0.5) is 0 Å². The van der Waals surface area contributed by atoms with Crippen molar-refractivity contribution in [2.24, 2.45) is 5.92 Å². The molecule has 0 radical (unpaired) electrons. The second-order valence-corrected chi connectivity index (χ2v) is 5.70. The smallest absolute Gasteiger partial charge is 0.00124 e. The molecule has 0 spiro atoms. The molecule has 16 heavy (non-hydrogen) atoms. The predicted octanol–water partition coefficient (Wildman–Crippen LogP) is 3.22. The zero-order chi connectivity index (χ0) is 11.8. The molecule has 0 aromatic heterocycles. The van der Waals surface area contributed by atoms with E-state index in [0.29, 0.717) is 5.41 Å². The average molecular weight is 217 g/mol. The molecule has 2 atom stereocenters. The highest BCUT2D eigenvalue weighted by molar-refractivity contribution is 5.30. The molecule has 2 unspecified atom stereocenters. The van der Waals surface area contributed by atoms with Gasteiger partial charge in [0.05, 0.1) is 0 Å². The maximum atomic E-state index is 2.45. The van der Waals surface area contributed by atoms with E-state index in [4.69, 9.17) is 0 Å². The van der Waals surface area contributed by atoms with Gasteiger partial charge in [-0.2, -0.15) is 0 Å². The number of likely N-dealkylation sites (tertiary alicyclic amines) is 1. The van der Waals surface area contributed by atoms with Gasteiger partial charge in [-0.3, -0.25) is 0 Å². The van der Waals surface area contributed by atoms with Crippen molar-refractivity contribution in [2.45, 2.75) is 32.6 Å². The van der Waals surface area contributed by atoms with Crippen LogP contribution in [-0.4, -0.2) is 25.0 Å². The van der Waals surface area contributed by atoms with Gasteiger partial charge in [-0.15, -0.1) is 0 Å². The van der Waals surface area contributed by atoms with Gasteiger partial charge in [0.1, 0.15) is 0 Å². The van der Waals surface area contributed by atoms with Crippen LogP contribution in [0.15, 0.2) is 24.3 Å². The number of hydrogen-bond acceptors (Lipinski definition) is 1. The molecular weight excluding hydrogens is 194 g/mol. The van der Waals surface area contributed by atoms with Crippen LogP contribution in [-0.2, 0) is 5.41 Å². The molecule has 0 saturated carbocycles. The summed E-state index contributed by atoms with van der Waals surface area (Å²) in [6.45, 7) is 9.43. The van der Waals surface area contributed by atoms with Crippen LogP contribution in [0.25, 0.3) is 0 Å². The summed E-state index contributed by atoms with van der Waals surface area (Å²) in [5.41, 5.74) is 3.26. The summed E-state index contributed by atoms with van der Waals surface area (Å²) in [5, 5.41) is 0. The third kappa shape index (κ3) is 2.01. The molecule has 1 heterocycles. The van der Waals surface area contributed by atoms with E-state index in [2.05, 4.69) is 57.0 Å². The number of rotatable bonds is 1. The molecule has 0 aliphatic carbocycles. The molecular formula is C15H23N. The highest BCUT2D eigenvalue weighted by Gasteiger charge is 2.36. The third-order valence-corrected chi connectivity index (χ3v) is 4.36. The molecule has 1 nitrogen and oxygen atoms in total. The first-order valence-electron chi connectivity index (χ1n) is 6.28. The normalized spacial score (nSPS) is 31.6. The lowest BCUT2D eigenvalue weighted by molar-refractivity contribution is 0.134. The maximum absolute atomic E-state index is 2.45. The summed E-state index contributed by atoms with van der Waals surface area (Å²) in [4.78, 5) is 2.45. The number of aryl methyl sites for hydroxylation is 1. The Balaban J connectivity index is 2.31. The molecule has 1 saturated heterocycles. The molecule has 2 rings (SSSR count). The number of hydrogen-bond donors (Lipinski definition) is 0. The molecule has 0 N–H and O–H groups in total. The van der Waals surface area contributed by atoms with Gasteiger partial charge in [0.2, 0.25) is 0 Å². The van der Waals surface area contributed by atoms with Crippen molar-refractivity contribution >= 4 is 0 Å².